The molecule has 1 amide bonds. The summed E-state index contributed by atoms with van der Waals surface area (Å²) in [6.07, 6.45) is 2.33. The standard InChI is InChI=1S/C18H19N5O2S/c1-11(2)9-15-20-21-18(26-15)19-17(25)16-14(24)7-8-23(22-16)13-6-4-5-12(3)10-13/h4-8,10-11H,9H2,1-3H3,(H,19,21,25). The van der Waals surface area contributed by atoms with Crippen LogP contribution in [0.3, 0.4) is 0 Å². The second kappa shape index (κ2) is 7.57. The molecule has 0 fully saturated rings. The van der Waals surface area contributed by atoms with Crippen LogP contribution in [0.4, 0.5) is 5.13 Å². The lowest BCUT2D eigenvalue weighted by atomic mass is 10.1. The van der Waals surface area contributed by atoms with Crippen molar-refractivity contribution in [3.05, 3.63) is 63.0 Å². The molecule has 0 saturated carbocycles. The van der Waals surface area contributed by atoms with Crippen molar-refractivity contribution in [1.29, 1.82) is 0 Å². The van der Waals surface area contributed by atoms with Crippen LogP contribution >= 0.6 is 11.3 Å². The lowest BCUT2D eigenvalue weighted by molar-refractivity contribution is 0.101. The summed E-state index contributed by atoms with van der Waals surface area (Å²) in [7, 11) is 0. The number of hydrogen-bond acceptors (Lipinski definition) is 6. The summed E-state index contributed by atoms with van der Waals surface area (Å²) in [5, 5.41) is 16.0. The Hall–Kier alpha value is -2.87. The molecule has 7 nitrogen and oxygen atoms in total. The van der Waals surface area contributed by atoms with E-state index in [2.05, 4.69) is 34.5 Å². The Bertz CT molecular complexity index is 993. The third kappa shape index (κ3) is 4.20. The molecule has 0 aliphatic carbocycles. The number of aryl methyl sites for hydroxylation is 1. The molecule has 2 heterocycles. The minimum Gasteiger partial charge on any atom is -0.295 e. The molecule has 8 heteroatoms. The number of aromatic nitrogens is 4. The molecule has 0 radical (unpaired) electrons. The van der Waals surface area contributed by atoms with E-state index in [0.29, 0.717) is 11.0 Å². The molecular weight excluding hydrogens is 350 g/mol. The fourth-order valence-electron chi connectivity index (χ4n) is 2.37. The maximum Gasteiger partial charge on any atom is 0.282 e. The van der Waals surface area contributed by atoms with Gasteiger partial charge in [0.05, 0.1) is 5.69 Å². The van der Waals surface area contributed by atoms with Gasteiger partial charge in [0, 0.05) is 18.7 Å². The topological polar surface area (TPSA) is 89.8 Å². The van der Waals surface area contributed by atoms with E-state index in [1.165, 1.54) is 22.1 Å². The number of anilines is 1. The highest BCUT2D eigenvalue weighted by atomic mass is 32.1. The van der Waals surface area contributed by atoms with E-state index in [1.807, 2.05) is 31.2 Å². The lowest BCUT2D eigenvalue weighted by Gasteiger charge is -2.07. The van der Waals surface area contributed by atoms with E-state index in [9.17, 15) is 9.59 Å². The molecule has 1 N–H and O–H groups in total. The van der Waals surface area contributed by atoms with Crippen LogP contribution in [0.1, 0.15) is 34.9 Å². The van der Waals surface area contributed by atoms with E-state index in [-0.39, 0.29) is 5.69 Å². The van der Waals surface area contributed by atoms with Gasteiger partial charge in [0.1, 0.15) is 5.01 Å². The molecule has 0 aliphatic rings. The van der Waals surface area contributed by atoms with E-state index in [1.54, 1.807) is 6.20 Å². The second-order valence-corrected chi connectivity index (χ2v) is 7.43. The van der Waals surface area contributed by atoms with Gasteiger partial charge in [-0.15, -0.1) is 10.2 Å². The molecule has 0 spiro atoms. The second-order valence-electron chi connectivity index (χ2n) is 6.37. The van der Waals surface area contributed by atoms with Crippen LogP contribution in [0.2, 0.25) is 0 Å². The van der Waals surface area contributed by atoms with E-state index in [4.69, 9.17) is 0 Å². The molecule has 0 bridgehead atoms. The van der Waals surface area contributed by atoms with Crippen molar-refractivity contribution in [2.75, 3.05) is 5.32 Å². The predicted octanol–water partition coefficient (Wildman–Crippen LogP) is 2.84. The van der Waals surface area contributed by atoms with Crippen molar-refractivity contribution in [3.63, 3.8) is 0 Å². The predicted molar refractivity (Wildman–Crippen MR) is 101 cm³/mol. The van der Waals surface area contributed by atoms with Crippen LogP contribution in [-0.2, 0) is 6.42 Å². The van der Waals surface area contributed by atoms with Gasteiger partial charge in [0.2, 0.25) is 10.6 Å². The van der Waals surface area contributed by atoms with Gasteiger partial charge >= 0.3 is 0 Å². The molecular formula is C18H19N5O2S. The van der Waals surface area contributed by atoms with E-state index < -0.39 is 11.3 Å². The lowest BCUT2D eigenvalue weighted by Crippen LogP contribution is -2.25. The Morgan fingerprint density at radius 3 is 2.81 bits per heavy atom. The fourth-order valence-corrected chi connectivity index (χ4v) is 3.32. The molecule has 1 aromatic carbocycles. The average molecular weight is 369 g/mol. The van der Waals surface area contributed by atoms with Crippen molar-refractivity contribution in [3.8, 4) is 5.69 Å². The van der Waals surface area contributed by atoms with Crippen LogP contribution in [-0.4, -0.2) is 25.9 Å². The zero-order chi connectivity index (χ0) is 18.7. The molecule has 2 aromatic heterocycles. The molecule has 0 unspecified atom stereocenters. The fraction of sp³-hybridized carbons (Fsp3) is 0.278. The summed E-state index contributed by atoms with van der Waals surface area (Å²) in [6.45, 7) is 6.13. The number of carbonyl (C=O) groups is 1. The normalized spacial score (nSPS) is 10.9. The highest BCUT2D eigenvalue weighted by molar-refractivity contribution is 7.15. The van der Waals surface area contributed by atoms with Crippen LogP contribution in [0.15, 0.2) is 41.3 Å². The summed E-state index contributed by atoms with van der Waals surface area (Å²) in [6, 6.07) is 8.96. The smallest absolute Gasteiger partial charge is 0.282 e. The van der Waals surface area contributed by atoms with Crippen LogP contribution in [0.5, 0.6) is 0 Å². The molecule has 3 rings (SSSR count). The monoisotopic (exact) mass is 369 g/mol. The van der Waals surface area contributed by atoms with E-state index in [0.717, 1.165) is 22.7 Å². The van der Waals surface area contributed by atoms with Gasteiger partial charge in [-0.2, -0.15) is 5.10 Å². The number of rotatable bonds is 5. The van der Waals surface area contributed by atoms with Gasteiger partial charge in [-0.3, -0.25) is 14.9 Å². The Balaban J connectivity index is 1.84. The Morgan fingerprint density at radius 2 is 2.08 bits per heavy atom. The van der Waals surface area contributed by atoms with Crippen LogP contribution in [0, 0.1) is 12.8 Å². The molecule has 0 atom stereocenters. The zero-order valence-corrected chi connectivity index (χ0v) is 15.6. The van der Waals surface area contributed by atoms with Crippen LogP contribution < -0.4 is 10.7 Å². The number of benzene rings is 1. The Morgan fingerprint density at radius 1 is 1.27 bits per heavy atom. The van der Waals surface area contributed by atoms with Gasteiger partial charge in [-0.05, 0) is 30.5 Å². The third-order valence-electron chi connectivity index (χ3n) is 3.56. The highest BCUT2D eigenvalue weighted by Gasteiger charge is 2.16. The minimum atomic E-state index is -0.593. The third-order valence-corrected chi connectivity index (χ3v) is 4.42. The van der Waals surface area contributed by atoms with Gasteiger partial charge in [0.25, 0.3) is 5.91 Å². The molecule has 134 valence electrons. The summed E-state index contributed by atoms with van der Waals surface area (Å²) in [5.41, 5.74) is 1.20. The van der Waals surface area contributed by atoms with Gasteiger partial charge in [0.15, 0.2) is 5.69 Å². The van der Waals surface area contributed by atoms with Crippen molar-refractivity contribution in [2.24, 2.45) is 5.92 Å². The van der Waals surface area contributed by atoms with E-state index >= 15 is 0 Å². The first kappa shape index (κ1) is 17.9. The number of nitrogens with zero attached hydrogens (tertiary/aromatic N) is 4. The zero-order valence-electron chi connectivity index (χ0n) is 14.8. The summed E-state index contributed by atoms with van der Waals surface area (Å²) >= 11 is 1.30. The summed E-state index contributed by atoms with van der Waals surface area (Å²) in [4.78, 5) is 24.6. The highest BCUT2D eigenvalue weighted by Crippen LogP contribution is 2.18. The molecule has 3 aromatic rings. The molecule has 26 heavy (non-hydrogen) atoms. The van der Waals surface area contributed by atoms with Crippen molar-refractivity contribution >= 4 is 22.4 Å². The Labute approximate surface area is 154 Å². The molecule has 0 aliphatic heterocycles. The first-order valence-electron chi connectivity index (χ1n) is 8.23. The summed E-state index contributed by atoms with van der Waals surface area (Å²) in [5.74, 6) is -0.145. The Kier molecular flexibility index (Phi) is 5.22. The first-order valence-corrected chi connectivity index (χ1v) is 9.05. The quantitative estimate of drug-likeness (QED) is 0.747. The number of hydrogen-bond donors (Lipinski definition) is 1. The molecule has 0 saturated heterocycles. The largest absolute Gasteiger partial charge is 0.295 e. The number of carbonyl (C=O) groups excluding carboxylic acids is 1. The van der Waals surface area contributed by atoms with Crippen molar-refractivity contribution < 1.29 is 4.79 Å². The first-order chi connectivity index (χ1) is 12.4. The van der Waals surface area contributed by atoms with Gasteiger partial charge < -0.3 is 0 Å². The maximum atomic E-state index is 12.5. The van der Waals surface area contributed by atoms with Gasteiger partial charge in [-0.25, -0.2) is 4.68 Å². The minimum absolute atomic E-state index is 0.186. The van der Waals surface area contributed by atoms with Gasteiger partial charge in [-0.1, -0.05) is 37.3 Å². The van der Waals surface area contributed by atoms with Crippen molar-refractivity contribution in [1.82, 2.24) is 20.0 Å². The van der Waals surface area contributed by atoms with Crippen molar-refractivity contribution in [2.45, 2.75) is 27.2 Å². The summed E-state index contributed by atoms with van der Waals surface area (Å²) < 4.78 is 1.51. The SMILES string of the molecule is Cc1cccc(-n2ccc(=O)c(C(=O)Nc3nnc(CC(C)C)s3)n2)c1. The maximum absolute atomic E-state index is 12.5. The number of nitrogens with one attached hydrogen (secondary N) is 1. The number of amides is 1. The average Bonchev–Trinajstić information content (AvgIpc) is 3.01. The van der Waals surface area contributed by atoms with Crippen LogP contribution in [0.25, 0.3) is 5.69 Å².